The number of hydrogen-bond acceptors (Lipinski definition) is 6. The Labute approximate surface area is 135 Å². The Morgan fingerprint density at radius 1 is 1.55 bits per heavy atom. The Kier molecular flexibility index (Phi) is 5.26. The normalized spacial score (nSPS) is 21.5. The van der Waals surface area contributed by atoms with Gasteiger partial charge in [-0.25, -0.2) is 13.2 Å². The highest BCUT2D eigenvalue weighted by Crippen LogP contribution is 2.32. The van der Waals surface area contributed by atoms with E-state index in [9.17, 15) is 13.2 Å². The topological polar surface area (TPSA) is 89.7 Å². The van der Waals surface area contributed by atoms with Crippen molar-refractivity contribution >= 4 is 27.3 Å². The Morgan fingerprint density at radius 2 is 2.23 bits per heavy atom. The summed E-state index contributed by atoms with van der Waals surface area (Å²) in [5.41, 5.74) is 6.50. The van der Waals surface area contributed by atoms with Crippen LogP contribution in [0.1, 0.15) is 35.0 Å². The van der Waals surface area contributed by atoms with Crippen LogP contribution in [0.25, 0.3) is 0 Å². The summed E-state index contributed by atoms with van der Waals surface area (Å²) in [6.07, 6.45) is 1.71. The predicted molar refractivity (Wildman–Crippen MR) is 85.5 cm³/mol. The number of thiophene rings is 1. The van der Waals surface area contributed by atoms with E-state index in [4.69, 9.17) is 10.5 Å². The Morgan fingerprint density at radius 3 is 2.82 bits per heavy atom. The highest BCUT2D eigenvalue weighted by molar-refractivity contribution is 7.89. The zero-order valence-electron chi connectivity index (χ0n) is 13.0. The van der Waals surface area contributed by atoms with Gasteiger partial charge in [0.15, 0.2) is 0 Å². The molecule has 2 heterocycles. The van der Waals surface area contributed by atoms with Crippen LogP contribution in [0.4, 0.5) is 0 Å². The second-order valence-electron chi connectivity index (χ2n) is 5.69. The molecule has 6 nitrogen and oxygen atoms in total. The molecule has 0 saturated carbocycles. The number of ether oxygens (including phenoxy) is 1. The third-order valence-corrected chi connectivity index (χ3v) is 7.31. The third kappa shape index (κ3) is 3.19. The maximum atomic E-state index is 13.0. The molecule has 0 amide bonds. The number of aryl methyl sites for hydroxylation is 1. The van der Waals surface area contributed by atoms with Gasteiger partial charge in [0.05, 0.1) is 7.11 Å². The van der Waals surface area contributed by atoms with Crippen LogP contribution in [-0.4, -0.2) is 44.9 Å². The standard InChI is InChI=1S/C14H22N2O4S2/c1-9-8-21-12(14(17)20-3)13(9)22(18,19)16-6-4-5-11(7-16)10(2)15/h8,10-11H,4-7,15H2,1-3H3. The molecule has 1 fully saturated rings. The van der Waals surface area contributed by atoms with Crippen molar-refractivity contribution in [1.29, 1.82) is 0 Å². The smallest absolute Gasteiger partial charge is 0.349 e. The number of carbonyl (C=O) groups is 1. The lowest BCUT2D eigenvalue weighted by Crippen LogP contribution is -2.45. The van der Waals surface area contributed by atoms with Crippen molar-refractivity contribution in [3.05, 3.63) is 15.8 Å². The van der Waals surface area contributed by atoms with Crippen molar-refractivity contribution in [2.45, 2.75) is 37.6 Å². The number of nitrogens with zero attached hydrogens (tertiary/aromatic N) is 1. The molecular formula is C14H22N2O4S2. The number of carbonyl (C=O) groups excluding carboxylic acids is 1. The largest absolute Gasteiger partial charge is 0.465 e. The fourth-order valence-corrected chi connectivity index (χ4v) is 5.93. The van der Waals surface area contributed by atoms with E-state index in [1.165, 1.54) is 11.4 Å². The van der Waals surface area contributed by atoms with Gasteiger partial charge >= 0.3 is 5.97 Å². The molecule has 1 saturated heterocycles. The minimum Gasteiger partial charge on any atom is -0.465 e. The molecule has 0 aromatic carbocycles. The first-order valence-electron chi connectivity index (χ1n) is 7.21. The first kappa shape index (κ1) is 17.4. The van der Waals surface area contributed by atoms with E-state index in [0.717, 1.165) is 24.2 Å². The van der Waals surface area contributed by atoms with Crippen LogP contribution in [0.15, 0.2) is 10.3 Å². The van der Waals surface area contributed by atoms with Gasteiger partial charge < -0.3 is 10.5 Å². The van der Waals surface area contributed by atoms with Gasteiger partial charge in [-0.2, -0.15) is 4.31 Å². The maximum Gasteiger partial charge on any atom is 0.349 e. The number of sulfonamides is 1. The van der Waals surface area contributed by atoms with Crippen molar-refractivity contribution in [3.8, 4) is 0 Å². The minimum atomic E-state index is -3.71. The number of piperidine rings is 1. The molecule has 2 rings (SSSR count). The molecule has 1 aliphatic rings. The molecule has 0 aliphatic carbocycles. The van der Waals surface area contributed by atoms with Crippen LogP contribution < -0.4 is 5.73 Å². The molecule has 2 atom stereocenters. The van der Waals surface area contributed by atoms with Crippen molar-refractivity contribution in [3.63, 3.8) is 0 Å². The van der Waals surface area contributed by atoms with E-state index >= 15 is 0 Å². The van der Waals surface area contributed by atoms with Gasteiger partial charge in [-0.3, -0.25) is 0 Å². The van der Waals surface area contributed by atoms with E-state index in [1.54, 1.807) is 12.3 Å². The van der Waals surface area contributed by atoms with E-state index in [2.05, 4.69) is 0 Å². The van der Waals surface area contributed by atoms with E-state index in [1.807, 2.05) is 6.92 Å². The average molecular weight is 346 g/mol. The number of hydrogen-bond donors (Lipinski definition) is 1. The van der Waals surface area contributed by atoms with Crippen molar-refractivity contribution in [2.75, 3.05) is 20.2 Å². The molecule has 0 radical (unpaired) electrons. The first-order chi connectivity index (χ1) is 10.3. The van der Waals surface area contributed by atoms with Crippen LogP contribution in [-0.2, 0) is 14.8 Å². The summed E-state index contributed by atoms with van der Waals surface area (Å²) < 4.78 is 32.1. The summed E-state index contributed by atoms with van der Waals surface area (Å²) in [4.78, 5) is 12.1. The van der Waals surface area contributed by atoms with Crippen LogP contribution in [0.2, 0.25) is 0 Å². The SMILES string of the molecule is COC(=O)c1scc(C)c1S(=O)(=O)N1CCCC(C(C)N)C1. The first-order valence-corrected chi connectivity index (χ1v) is 9.53. The molecule has 2 unspecified atom stereocenters. The van der Waals surface area contributed by atoms with Gasteiger partial charge in [-0.1, -0.05) is 0 Å². The minimum absolute atomic E-state index is 0.0540. The van der Waals surface area contributed by atoms with Gasteiger partial charge in [-0.15, -0.1) is 11.3 Å². The summed E-state index contributed by atoms with van der Waals surface area (Å²) in [5, 5.41) is 1.67. The van der Waals surface area contributed by atoms with Crippen molar-refractivity contribution in [2.24, 2.45) is 11.7 Å². The lowest BCUT2D eigenvalue weighted by atomic mass is 9.93. The van der Waals surface area contributed by atoms with Gasteiger partial charge in [0.2, 0.25) is 10.0 Å². The highest BCUT2D eigenvalue weighted by Gasteiger charge is 2.36. The Bertz CT molecular complexity index is 652. The maximum absolute atomic E-state index is 13.0. The lowest BCUT2D eigenvalue weighted by molar-refractivity contribution is 0.0602. The second kappa shape index (κ2) is 6.66. The van der Waals surface area contributed by atoms with E-state index in [0.29, 0.717) is 18.7 Å². The molecule has 8 heteroatoms. The summed E-state index contributed by atoms with van der Waals surface area (Å²) in [6, 6.07) is -0.0540. The fraction of sp³-hybridized carbons (Fsp3) is 0.643. The van der Waals surface area contributed by atoms with E-state index in [-0.39, 0.29) is 21.7 Å². The van der Waals surface area contributed by atoms with Crippen molar-refractivity contribution < 1.29 is 17.9 Å². The summed E-state index contributed by atoms with van der Waals surface area (Å²) >= 11 is 1.10. The van der Waals surface area contributed by atoms with Crippen LogP contribution in [0.5, 0.6) is 0 Å². The molecule has 2 N–H and O–H groups in total. The number of nitrogens with two attached hydrogens (primary N) is 1. The average Bonchev–Trinajstić information content (AvgIpc) is 2.89. The number of methoxy groups -OCH3 is 1. The molecule has 124 valence electrons. The molecule has 0 spiro atoms. The zero-order valence-corrected chi connectivity index (χ0v) is 14.7. The molecule has 1 aromatic rings. The summed E-state index contributed by atoms with van der Waals surface area (Å²) in [5.74, 6) is -0.471. The second-order valence-corrected chi connectivity index (χ2v) is 8.45. The lowest BCUT2D eigenvalue weighted by Gasteiger charge is -2.33. The monoisotopic (exact) mass is 346 g/mol. The van der Waals surface area contributed by atoms with Gasteiger partial charge in [0, 0.05) is 19.1 Å². The molecular weight excluding hydrogens is 324 g/mol. The number of rotatable bonds is 4. The molecule has 1 aliphatic heterocycles. The van der Waals surface area contributed by atoms with Crippen LogP contribution >= 0.6 is 11.3 Å². The molecule has 0 bridgehead atoms. The molecule has 22 heavy (non-hydrogen) atoms. The van der Waals surface area contributed by atoms with Crippen LogP contribution in [0.3, 0.4) is 0 Å². The van der Waals surface area contributed by atoms with Crippen LogP contribution in [0, 0.1) is 12.8 Å². The Balaban J connectivity index is 2.39. The van der Waals surface area contributed by atoms with E-state index < -0.39 is 16.0 Å². The quantitative estimate of drug-likeness (QED) is 0.836. The third-order valence-electron chi connectivity index (χ3n) is 4.05. The highest BCUT2D eigenvalue weighted by atomic mass is 32.2. The van der Waals surface area contributed by atoms with Gasteiger partial charge in [0.25, 0.3) is 0 Å². The Hall–Kier alpha value is -0.960. The fourth-order valence-electron chi connectivity index (χ4n) is 2.74. The number of esters is 1. The molecule has 1 aromatic heterocycles. The zero-order chi connectivity index (χ0) is 16.5. The van der Waals surface area contributed by atoms with Crippen molar-refractivity contribution in [1.82, 2.24) is 4.31 Å². The predicted octanol–water partition coefficient (Wildman–Crippen LogP) is 1.59. The summed E-state index contributed by atoms with van der Waals surface area (Å²) in [6.45, 7) is 4.46. The van der Waals surface area contributed by atoms with Gasteiger partial charge in [0.1, 0.15) is 9.77 Å². The van der Waals surface area contributed by atoms with Gasteiger partial charge in [-0.05, 0) is 43.6 Å². The summed E-state index contributed by atoms with van der Waals surface area (Å²) in [7, 11) is -2.46.